The highest BCUT2D eigenvalue weighted by atomic mass is 16.5. The predicted octanol–water partition coefficient (Wildman–Crippen LogP) is 3.61. The van der Waals surface area contributed by atoms with Crippen molar-refractivity contribution in [3.63, 3.8) is 0 Å². The number of aryl methyl sites for hydroxylation is 2. The molecule has 1 aromatic heterocycles. The van der Waals surface area contributed by atoms with Gasteiger partial charge in [-0.05, 0) is 38.0 Å². The summed E-state index contributed by atoms with van der Waals surface area (Å²) in [5.41, 5.74) is 2.51. The summed E-state index contributed by atoms with van der Waals surface area (Å²) >= 11 is 0. The SMILES string of the molecule is COC(=O)c1c(CN2C(=O)N[C@](C)(c3ccc(C)cc3)C2=O)nc2ccccc2c1C. The van der Waals surface area contributed by atoms with Gasteiger partial charge < -0.3 is 10.1 Å². The van der Waals surface area contributed by atoms with Gasteiger partial charge in [-0.25, -0.2) is 14.6 Å². The van der Waals surface area contributed by atoms with Gasteiger partial charge >= 0.3 is 12.0 Å². The Balaban J connectivity index is 1.77. The van der Waals surface area contributed by atoms with Crippen LogP contribution in [0.2, 0.25) is 0 Å². The lowest BCUT2D eigenvalue weighted by molar-refractivity contribution is -0.131. The number of para-hydroxylation sites is 1. The highest BCUT2D eigenvalue weighted by molar-refractivity contribution is 6.07. The van der Waals surface area contributed by atoms with Crippen molar-refractivity contribution in [2.24, 2.45) is 0 Å². The van der Waals surface area contributed by atoms with Crippen LogP contribution < -0.4 is 5.32 Å². The summed E-state index contributed by atoms with van der Waals surface area (Å²) in [7, 11) is 1.29. The minimum Gasteiger partial charge on any atom is -0.465 e. The number of ether oxygens (including phenoxy) is 1. The minimum absolute atomic E-state index is 0.137. The van der Waals surface area contributed by atoms with Crippen molar-refractivity contribution >= 4 is 28.8 Å². The Morgan fingerprint density at radius 2 is 1.77 bits per heavy atom. The molecule has 3 amide bonds. The molecule has 2 aromatic carbocycles. The number of aromatic nitrogens is 1. The van der Waals surface area contributed by atoms with Crippen LogP contribution in [0.15, 0.2) is 48.5 Å². The number of hydrogen-bond donors (Lipinski definition) is 1. The number of imide groups is 1. The van der Waals surface area contributed by atoms with Gasteiger partial charge in [0.2, 0.25) is 0 Å². The number of rotatable bonds is 4. The Hall–Kier alpha value is -3.74. The van der Waals surface area contributed by atoms with E-state index in [1.165, 1.54) is 7.11 Å². The number of carbonyl (C=O) groups is 3. The smallest absolute Gasteiger partial charge is 0.340 e. The van der Waals surface area contributed by atoms with E-state index >= 15 is 0 Å². The fourth-order valence-corrected chi connectivity index (χ4v) is 4.00. The van der Waals surface area contributed by atoms with E-state index in [0.29, 0.717) is 22.3 Å². The molecule has 0 saturated carbocycles. The molecule has 3 aromatic rings. The van der Waals surface area contributed by atoms with Crippen LogP contribution in [0.4, 0.5) is 4.79 Å². The van der Waals surface area contributed by atoms with Crippen molar-refractivity contribution in [1.82, 2.24) is 15.2 Å². The van der Waals surface area contributed by atoms with Gasteiger partial charge in [-0.15, -0.1) is 0 Å². The number of hydrogen-bond acceptors (Lipinski definition) is 5. The Kier molecular flexibility index (Phi) is 4.97. The zero-order chi connectivity index (χ0) is 22.3. The quantitative estimate of drug-likeness (QED) is 0.518. The van der Waals surface area contributed by atoms with Crippen LogP contribution >= 0.6 is 0 Å². The molecule has 0 spiro atoms. The summed E-state index contributed by atoms with van der Waals surface area (Å²) in [6, 6.07) is 14.3. The van der Waals surface area contributed by atoms with E-state index in [1.807, 2.05) is 62.4 Å². The number of carbonyl (C=O) groups excluding carboxylic acids is 3. The second kappa shape index (κ2) is 7.50. The summed E-state index contributed by atoms with van der Waals surface area (Å²) in [6.45, 7) is 5.30. The Morgan fingerprint density at radius 3 is 2.45 bits per heavy atom. The molecule has 1 saturated heterocycles. The third-order valence-electron chi connectivity index (χ3n) is 5.83. The number of urea groups is 1. The zero-order valence-corrected chi connectivity index (χ0v) is 17.9. The molecule has 2 heterocycles. The third kappa shape index (κ3) is 3.32. The van der Waals surface area contributed by atoms with Gasteiger partial charge in [0, 0.05) is 5.39 Å². The van der Waals surface area contributed by atoms with Gasteiger partial charge in [0.15, 0.2) is 0 Å². The maximum Gasteiger partial charge on any atom is 0.340 e. The first-order valence-electron chi connectivity index (χ1n) is 9.94. The lowest BCUT2D eigenvalue weighted by Gasteiger charge is -2.22. The van der Waals surface area contributed by atoms with Gasteiger partial charge in [0.25, 0.3) is 5.91 Å². The van der Waals surface area contributed by atoms with Crippen molar-refractivity contribution in [3.8, 4) is 0 Å². The number of amides is 3. The molecule has 31 heavy (non-hydrogen) atoms. The third-order valence-corrected chi connectivity index (χ3v) is 5.83. The number of methoxy groups -OCH3 is 1. The second-order valence-corrected chi connectivity index (χ2v) is 7.88. The highest BCUT2D eigenvalue weighted by Gasteiger charge is 2.49. The van der Waals surface area contributed by atoms with Crippen molar-refractivity contribution in [2.75, 3.05) is 7.11 Å². The van der Waals surface area contributed by atoms with E-state index in [2.05, 4.69) is 10.3 Å². The molecule has 1 atom stereocenters. The fourth-order valence-electron chi connectivity index (χ4n) is 4.00. The maximum absolute atomic E-state index is 13.3. The highest BCUT2D eigenvalue weighted by Crippen LogP contribution is 2.31. The van der Waals surface area contributed by atoms with E-state index in [9.17, 15) is 14.4 Å². The molecular weight excluding hydrogens is 394 g/mol. The topological polar surface area (TPSA) is 88.6 Å². The minimum atomic E-state index is -1.19. The van der Waals surface area contributed by atoms with Gasteiger partial charge in [-0.2, -0.15) is 0 Å². The monoisotopic (exact) mass is 417 g/mol. The molecule has 7 nitrogen and oxygen atoms in total. The molecule has 1 aliphatic heterocycles. The van der Waals surface area contributed by atoms with E-state index in [-0.39, 0.29) is 12.1 Å². The van der Waals surface area contributed by atoms with E-state index in [1.54, 1.807) is 6.92 Å². The number of nitrogens with one attached hydrogen (secondary N) is 1. The Bertz CT molecular complexity index is 1220. The molecule has 1 aliphatic rings. The number of esters is 1. The summed E-state index contributed by atoms with van der Waals surface area (Å²) in [6.07, 6.45) is 0. The first kappa shape index (κ1) is 20.5. The summed E-state index contributed by atoms with van der Waals surface area (Å²) < 4.78 is 4.96. The predicted molar refractivity (Wildman–Crippen MR) is 115 cm³/mol. The van der Waals surface area contributed by atoms with Gasteiger partial charge in [0.05, 0.1) is 30.4 Å². The first-order valence-corrected chi connectivity index (χ1v) is 9.94. The summed E-state index contributed by atoms with van der Waals surface area (Å²) in [5.74, 6) is -0.955. The second-order valence-electron chi connectivity index (χ2n) is 7.88. The average molecular weight is 417 g/mol. The molecule has 0 unspecified atom stereocenters. The van der Waals surface area contributed by atoms with Crippen molar-refractivity contribution in [1.29, 1.82) is 0 Å². The summed E-state index contributed by atoms with van der Waals surface area (Å²) in [5, 5.41) is 3.61. The van der Waals surface area contributed by atoms with Crippen molar-refractivity contribution < 1.29 is 19.1 Å². The molecule has 158 valence electrons. The first-order chi connectivity index (χ1) is 14.8. The van der Waals surface area contributed by atoms with Crippen LogP contribution in [0.1, 0.15) is 39.7 Å². The molecule has 0 aliphatic carbocycles. The van der Waals surface area contributed by atoms with Crippen LogP contribution in [0.25, 0.3) is 10.9 Å². The lowest BCUT2D eigenvalue weighted by Crippen LogP contribution is -2.40. The Morgan fingerprint density at radius 1 is 1.10 bits per heavy atom. The number of fused-ring (bicyclic) bond motifs is 1. The largest absolute Gasteiger partial charge is 0.465 e. The molecule has 1 N–H and O–H groups in total. The molecular formula is C24H23N3O4. The number of benzene rings is 2. The van der Waals surface area contributed by atoms with Gasteiger partial charge in [0.1, 0.15) is 5.54 Å². The summed E-state index contributed by atoms with van der Waals surface area (Å²) in [4.78, 5) is 44.4. The molecule has 1 fully saturated rings. The van der Waals surface area contributed by atoms with Crippen molar-refractivity contribution in [3.05, 3.63) is 76.5 Å². The van der Waals surface area contributed by atoms with Crippen LogP contribution in [-0.2, 0) is 21.6 Å². The van der Waals surface area contributed by atoms with E-state index in [4.69, 9.17) is 4.74 Å². The molecule has 4 rings (SSSR count). The zero-order valence-electron chi connectivity index (χ0n) is 17.9. The van der Waals surface area contributed by atoms with Crippen LogP contribution in [0.5, 0.6) is 0 Å². The number of nitrogens with zero attached hydrogens (tertiary/aromatic N) is 2. The van der Waals surface area contributed by atoms with Gasteiger partial charge in [-0.1, -0.05) is 48.0 Å². The number of pyridine rings is 1. The molecule has 0 bridgehead atoms. The van der Waals surface area contributed by atoms with Crippen LogP contribution in [0.3, 0.4) is 0 Å². The van der Waals surface area contributed by atoms with Gasteiger partial charge in [-0.3, -0.25) is 9.69 Å². The normalized spacial score (nSPS) is 18.4. The van der Waals surface area contributed by atoms with E-state index < -0.39 is 23.4 Å². The standard InChI is InChI=1S/C24H23N3O4/c1-14-9-11-16(12-10-14)24(3)22(29)27(23(30)26-24)13-19-20(21(28)31-4)15(2)17-7-5-6-8-18(17)25-19/h5-12H,13H2,1-4H3,(H,26,30)/t24-/m1/s1. The van der Waals surface area contributed by atoms with Crippen LogP contribution in [0, 0.1) is 13.8 Å². The molecule has 7 heteroatoms. The molecule has 0 radical (unpaired) electrons. The van der Waals surface area contributed by atoms with E-state index in [0.717, 1.165) is 15.8 Å². The lowest BCUT2D eigenvalue weighted by atomic mass is 9.91. The fraction of sp³-hybridized carbons (Fsp3) is 0.250. The van der Waals surface area contributed by atoms with Crippen LogP contribution in [-0.4, -0.2) is 34.9 Å². The Labute approximate surface area is 180 Å². The van der Waals surface area contributed by atoms with Crippen molar-refractivity contribution in [2.45, 2.75) is 32.9 Å². The average Bonchev–Trinajstić information content (AvgIpc) is 2.98. The maximum atomic E-state index is 13.3.